The molecular formula is C32H35NO4. The summed E-state index contributed by atoms with van der Waals surface area (Å²) in [5.41, 5.74) is 4.55. The summed E-state index contributed by atoms with van der Waals surface area (Å²) < 4.78 is 16.5. The van der Waals surface area contributed by atoms with E-state index >= 15 is 0 Å². The number of benzene rings is 3. The number of nitrogens with zero attached hydrogens (tertiary/aromatic N) is 1. The fraction of sp³-hybridized carbons (Fsp3) is 0.344. The maximum absolute atomic E-state index is 12.6. The van der Waals surface area contributed by atoms with Gasteiger partial charge >= 0.3 is 5.97 Å². The Morgan fingerprint density at radius 1 is 0.865 bits per heavy atom. The van der Waals surface area contributed by atoms with E-state index in [4.69, 9.17) is 14.2 Å². The van der Waals surface area contributed by atoms with E-state index < -0.39 is 5.79 Å². The molecule has 0 spiro atoms. The second-order valence-corrected chi connectivity index (χ2v) is 9.73. The molecule has 1 aliphatic rings. The Balaban J connectivity index is 1.50. The average Bonchev–Trinajstić information content (AvgIpc) is 2.89. The van der Waals surface area contributed by atoms with Crippen LogP contribution in [-0.2, 0) is 11.3 Å². The van der Waals surface area contributed by atoms with E-state index in [-0.39, 0.29) is 5.97 Å². The zero-order valence-electron chi connectivity index (χ0n) is 22.2. The Morgan fingerprint density at radius 2 is 1.54 bits per heavy atom. The number of fused-ring (bicyclic) bond motifs is 1. The minimum atomic E-state index is -0.955. The van der Waals surface area contributed by atoms with Crippen LogP contribution >= 0.6 is 0 Å². The van der Waals surface area contributed by atoms with Crippen molar-refractivity contribution in [2.45, 2.75) is 58.8 Å². The maximum Gasteiger partial charge on any atom is 0.345 e. The van der Waals surface area contributed by atoms with Crippen molar-refractivity contribution in [1.29, 1.82) is 0 Å². The van der Waals surface area contributed by atoms with Gasteiger partial charge in [-0.05, 0) is 66.6 Å². The van der Waals surface area contributed by atoms with Crippen LogP contribution in [0.25, 0.3) is 0 Å². The molecule has 192 valence electrons. The molecule has 5 nitrogen and oxygen atoms in total. The van der Waals surface area contributed by atoms with Gasteiger partial charge in [0.15, 0.2) is 0 Å². The fourth-order valence-electron chi connectivity index (χ4n) is 4.29. The van der Waals surface area contributed by atoms with Gasteiger partial charge in [-0.15, -0.1) is 0 Å². The number of esters is 1. The molecule has 0 N–H and O–H groups in total. The molecule has 3 aromatic carbocycles. The van der Waals surface area contributed by atoms with E-state index in [0.29, 0.717) is 11.3 Å². The summed E-state index contributed by atoms with van der Waals surface area (Å²) in [7, 11) is 1.66. The van der Waals surface area contributed by atoms with Gasteiger partial charge in [0.1, 0.15) is 17.1 Å². The van der Waals surface area contributed by atoms with Gasteiger partial charge in [0.2, 0.25) is 5.79 Å². The van der Waals surface area contributed by atoms with E-state index in [1.165, 1.54) is 24.8 Å². The van der Waals surface area contributed by atoms with Crippen LogP contribution in [0.4, 0.5) is 5.69 Å². The molecule has 1 heterocycles. The number of methoxy groups -OCH3 is 1. The van der Waals surface area contributed by atoms with Gasteiger partial charge in [-0.25, -0.2) is 4.79 Å². The lowest BCUT2D eigenvalue weighted by molar-refractivity contribution is -0.127. The van der Waals surface area contributed by atoms with Crippen molar-refractivity contribution in [2.24, 2.45) is 0 Å². The standard InChI is InChI=1S/C32H35NO4/c1-5-6-7-8-21-33(27-17-20-30-29(22-27)31(34)37-32(2,3)36-30)23-26-13-11-24(12-14-26)9-10-25-15-18-28(35-4)19-16-25/h11-20,22H,5-8,21,23H2,1-4H3. The Bertz CT molecular complexity index is 1270. The largest absolute Gasteiger partial charge is 0.497 e. The second-order valence-electron chi connectivity index (χ2n) is 9.73. The lowest BCUT2D eigenvalue weighted by Gasteiger charge is -2.33. The molecule has 0 fully saturated rings. The van der Waals surface area contributed by atoms with Crippen LogP contribution in [0.1, 0.15) is 73.5 Å². The van der Waals surface area contributed by atoms with Crippen molar-refractivity contribution < 1.29 is 19.0 Å². The molecule has 37 heavy (non-hydrogen) atoms. The van der Waals surface area contributed by atoms with Crippen molar-refractivity contribution in [3.05, 3.63) is 89.0 Å². The predicted octanol–water partition coefficient (Wildman–Crippen LogP) is 6.97. The monoisotopic (exact) mass is 497 g/mol. The zero-order chi connectivity index (χ0) is 26.3. The van der Waals surface area contributed by atoms with E-state index in [1.54, 1.807) is 21.0 Å². The Hall–Kier alpha value is -3.91. The van der Waals surface area contributed by atoms with Crippen LogP contribution in [0.2, 0.25) is 0 Å². The van der Waals surface area contributed by atoms with E-state index in [9.17, 15) is 4.79 Å². The molecule has 0 saturated carbocycles. The summed E-state index contributed by atoms with van der Waals surface area (Å²) in [4.78, 5) is 14.9. The first-order valence-electron chi connectivity index (χ1n) is 12.9. The molecule has 0 radical (unpaired) electrons. The van der Waals surface area contributed by atoms with Gasteiger partial charge in [-0.1, -0.05) is 50.2 Å². The zero-order valence-corrected chi connectivity index (χ0v) is 22.2. The quantitative estimate of drug-likeness (QED) is 0.182. The highest BCUT2D eigenvalue weighted by atomic mass is 16.7. The van der Waals surface area contributed by atoms with Crippen molar-refractivity contribution in [2.75, 3.05) is 18.6 Å². The van der Waals surface area contributed by atoms with Gasteiger partial charge in [0.25, 0.3) is 0 Å². The van der Waals surface area contributed by atoms with Gasteiger partial charge < -0.3 is 19.1 Å². The van der Waals surface area contributed by atoms with Crippen molar-refractivity contribution >= 4 is 11.7 Å². The summed E-state index contributed by atoms with van der Waals surface area (Å²) in [6.45, 7) is 7.34. The molecule has 5 heteroatoms. The van der Waals surface area contributed by atoms with Crippen LogP contribution in [-0.4, -0.2) is 25.4 Å². The van der Waals surface area contributed by atoms with Crippen LogP contribution in [0.3, 0.4) is 0 Å². The molecule has 0 atom stereocenters. The van der Waals surface area contributed by atoms with Crippen LogP contribution in [0, 0.1) is 11.8 Å². The number of unbranched alkanes of at least 4 members (excludes halogenated alkanes) is 3. The SMILES string of the molecule is CCCCCCN(Cc1ccc(C#Cc2ccc(OC)cc2)cc1)c1ccc2c(c1)C(=O)OC(C)(C)O2. The third-order valence-electron chi connectivity index (χ3n) is 6.29. The molecule has 0 amide bonds. The highest BCUT2D eigenvalue weighted by Crippen LogP contribution is 2.34. The topological polar surface area (TPSA) is 48.0 Å². The number of hydrogen-bond acceptors (Lipinski definition) is 5. The summed E-state index contributed by atoms with van der Waals surface area (Å²) >= 11 is 0. The number of hydrogen-bond donors (Lipinski definition) is 0. The molecule has 0 saturated heterocycles. The minimum Gasteiger partial charge on any atom is -0.497 e. The van der Waals surface area contributed by atoms with E-state index in [1.807, 2.05) is 42.5 Å². The Labute approximate surface area is 220 Å². The first kappa shape index (κ1) is 26.2. The smallest absolute Gasteiger partial charge is 0.345 e. The molecule has 3 aromatic rings. The number of anilines is 1. The number of carbonyl (C=O) groups is 1. The Morgan fingerprint density at radius 3 is 2.19 bits per heavy atom. The first-order valence-corrected chi connectivity index (χ1v) is 12.9. The molecule has 1 aliphatic heterocycles. The molecule has 0 unspecified atom stereocenters. The number of rotatable bonds is 9. The first-order chi connectivity index (χ1) is 17.9. The summed E-state index contributed by atoms with van der Waals surface area (Å²) in [6, 6.07) is 21.9. The summed E-state index contributed by atoms with van der Waals surface area (Å²) in [5, 5.41) is 0. The maximum atomic E-state index is 12.6. The van der Waals surface area contributed by atoms with Gasteiger partial charge in [0.05, 0.1) is 7.11 Å². The predicted molar refractivity (Wildman–Crippen MR) is 147 cm³/mol. The third kappa shape index (κ3) is 7.07. The van der Waals surface area contributed by atoms with Crippen LogP contribution in [0.15, 0.2) is 66.7 Å². The summed E-state index contributed by atoms with van der Waals surface area (Å²) in [6.07, 6.45) is 4.67. The van der Waals surface area contributed by atoms with Gasteiger partial charge in [0, 0.05) is 43.8 Å². The van der Waals surface area contributed by atoms with Gasteiger partial charge in [-0.2, -0.15) is 0 Å². The van der Waals surface area contributed by atoms with E-state index in [2.05, 4.69) is 47.9 Å². The number of ether oxygens (including phenoxy) is 3. The van der Waals surface area contributed by atoms with E-state index in [0.717, 1.165) is 42.1 Å². The highest BCUT2D eigenvalue weighted by Gasteiger charge is 2.34. The number of carbonyl (C=O) groups excluding carboxylic acids is 1. The highest BCUT2D eigenvalue weighted by molar-refractivity contribution is 5.94. The van der Waals surface area contributed by atoms with Crippen LogP contribution in [0.5, 0.6) is 11.5 Å². The summed E-state index contributed by atoms with van der Waals surface area (Å²) in [5.74, 6) is 6.52. The van der Waals surface area contributed by atoms with Crippen molar-refractivity contribution in [3.63, 3.8) is 0 Å². The average molecular weight is 498 g/mol. The second kappa shape index (κ2) is 11.9. The molecule has 0 bridgehead atoms. The number of cyclic esters (lactones) is 1. The lowest BCUT2D eigenvalue weighted by atomic mass is 10.1. The molecule has 4 rings (SSSR count). The van der Waals surface area contributed by atoms with Crippen LogP contribution < -0.4 is 14.4 Å². The minimum absolute atomic E-state index is 0.348. The fourth-order valence-corrected chi connectivity index (χ4v) is 4.29. The third-order valence-corrected chi connectivity index (χ3v) is 6.29. The molecule has 0 aromatic heterocycles. The normalized spacial score (nSPS) is 13.5. The van der Waals surface area contributed by atoms with Crippen molar-refractivity contribution in [3.8, 4) is 23.3 Å². The Kier molecular flexibility index (Phi) is 8.40. The van der Waals surface area contributed by atoms with Crippen molar-refractivity contribution in [1.82, 2.24) is 0 Å². The lowest BCUT2D eigenvalue weighted by Crippen LogP contribution is -2.39. The molecule has 0 aliphatic carbocycles. The van der Waals surface area contributed by atoms with Gasteiger partial charge in [-0.3, -0.25) is 0 Å². The molecular weight excluding hydrogens is 462 g/mol.